The van der Waals surface area contributed by atoms with Gasteiger partial charge in [0.25, 0.3) is 5.91 Å². The summed E-state index contributed by atoms with van der Waals surface area (Å²) in [5.74, 6) is -0.137. The second-order valence-corrected chi connectivity index (χ2v) is 9.71. The molecule has 7 nitrogen and oxygen atoms in total. The maximum absolute atomic E-state index is 13.4. The molecule has 3 heterocycles. The van der Waals surface area contributed by atoms with Crippen molar-refractivity contribution >= 4 is 11.5 Å². The van der Waals surface area contributed by atoms with E-state index in [9.17, 15) is 18.0 Å². The highest BCUT2D eigenvalue weighted by Crippen LogP contribution is 2.47. The Balaban J connectivity index is 1.30. The molecule has 0 bridgehead atoms. The number of pyridine rings is 1. The molecule has 5 rings (SSSR count). The SMILES string of the molecule is CN1CCN(CC2(CN3NNC4=CCC=C(c5ccc(C(F)(F)F)nc5)C=C4C3=O)CC2)CC1. The van der Waals surface area contributed by atoms with Crippen LogP contribution in [0.25, 0.3) is 5.57 Å². The van der Waals surface area contributed by atoms with Crippen LogP contribution >= 0.6 is 0 Å². The maximum atomic E-state index is 13.4. The first-order chi connectivity index (χ1) is 16.2. The molecule has 2 saturated heterocycles. The van der Waals surface area contributed by atoms with Crippen LogP contribution in [0.5, 0.6) is 0 Å². The lowest BCUT2D eigenvalue weighted by Gasteiger charge is -2.38. The molecule has 0 unspecified atom stereocenters. The number of amides is 1. The lowest BCUT2D eigenvalue weighted by Crippen LogP contribution is -2.58. The Morgan fingerprint density at radius 2 is 1.85 bits per heavy atom. The highest BCUT2D eigenvalue weighted by Gasteiger charge is 2.47. The van der Waals surface area contributed by atoms with E-state index in [4.69, 9.17) is 0 Å². The Morgan fingerprint density at radius 3 is 2.50 bits per heavy atom. The molecule has 0 atom stereocenters. The smallest absolute Gasteiger partial charge is 0.304 e. The Bertz CT molecular complexity index is 1030. The summed E-state index contributed by atoms with van der Waals surface area (Å²) in [7, 11) is 2.14. The molecule has 1 amide bonds. The van der Waals surface area contributed by atoms with Gasteiger partial charge in [0.15, 0.2) is 0 Å². The van der Waals surface area contributed by atoms with Gasteiger partial charge in [-0.3, -0.25) is 14.8 Å². The van der Waals surface area contributed by atoms with Crippen LogP contribution in [0.4, 0.5) is 13.2 Å². The van der Waals surface area contributed by atoms with E-state index in [0.29, 0.717) is 35.4 Å². The average molecular weight is 475 g/mol. The fourth-order valence-corrected chi connectivity index (χ4v) is 4.73. The second-order valence-electron chi connectivity index (χ2n) is 9.71. The van der Waals surface area contributed by atoms with E-state index >= 15 is 0 Å². The van der Waals surface area contributed by atoms with Crippen molar-refractivity contribution in [2.75, 3.05) is 46.3 Å². The van der Waals surface area contributed by atoms with E-state index in [1.54, 1.807) is 11.1 Å². The molecule has 4 aliphatic rings. The van der Waals surface area contributed by atoms with E-state index in [0.717, 1.165) is 51.6 Å². The third-order valence-electron chi connectivity index (χ3n) is 7.04. The zero-order valence-electron chi connectivity index (χ0n) is 19.2. The molecular weight excluding hydrogens is 445 g/mol. The van der Waals surface area contributed by atoms with E-state index < -0.39 is 11.9 Å². The monoisotopic (exact) mass is 474 g/mol. The molecule has 0 spiro atoms. The zero-order valence-corrected chi connectivity index (χ0v) is 19.2. The van der Waals surface area contributed by atoms with Crippen molar-refractivity contribution in [3.63, 3.8) is 0 Å². The Kier molecular flexibility index (Phi) is 5.99. The number of fused-ring (bicyclic) bond motifs is 1. The number of nitrogens with zero attached hydrogens (tertiary/aromatic N) is 4. The van der Waals surface area contributed by atoms with Crippen LogP contribution in [0.15, 0.2) is 47.8 Å². The summed E-state index contributed by atoms with van der Waals surface area (Å²) >= 11 is 0. The van der Waals surface area contributed by atoms with Crippen molar-refractivity contribution in [3.8, 4) is 0 Å². The number of allylic oxidation sites excluding steroid dienone is 4. The van der Waals surface area contributed by atoms with Crippen LogP contribution in [0, 0.1) is 5.41 Å². The number of halogens is 3. The molecule has 0 radical (unpaired) electrons. The van der Waals surface area contributed by atoms with E-state index in [1.165, 1.54) is 12.3 Å². The number of alkyl halides is 3. The van der Waals surface area contributed by atoms with Gasteiger partial charge in [-0.1, -0.05) is 18.2 Å². The summed E-state index contributed by atoms with van der Waals surface area (Å²) in [6, 6.07) is 2.37. The van der Waals surface area contributed by atoms with Gasteiger partial charge in [0, 0.05) is 50.9 Å². The fraction of sp³-hybridized carbons (Fsp3) is 0.500. The number of likely N-dealkylation sites (N-methyl/N-ethyl adjacent to an activating group) is 1. The number of rotatable bonds is 5. The van der Waals surface area contributed by atoms with Gasteiger partial charge in [-0.25, -0.2) is 0 Å². The lowest BCUT2D eigenvalue weighted by molar-refractivity contribution is -0.141. The number of hydrogen-bond donors (Lipinski definition) is 2. The fourth-order valence-electron chi connectivity index (χ4n) is 4.73. The third kappa shape index (κ3) is 4.89. The van der Waals surface area contributed by atoms with E-state index in [2.05, 4.69) is 32.8 Å². The summed E-state index contributed by atoms with van der Waals surface area (Å²) in [6.45, 7) is 5.81. The Labute approximate surface area is 196 Å². The molecule has 1 aromatic heterocycles. The summed E-state index contributed by atoms with van der Waals surface area (Å²) in [4.78, 5) is 21.8. The lowest BCUT2D eigenvalue weighted by atomic mass is 10.0. The van der Waals surface area contributed by atoms with Crippen molar-refractivity contribution in [2.45, 2.75) is 25.4 Å². The first-order valence-corrected chi connectivity index (χ1v) is 11.6. The number of piperazine rings is 1. The molecule has 1 aromatic rings. The van der Waals surface area contributed by atoms with Crippen LogP contribution in [0.3, 0.4) is 0 Å². The quantitative estimate of drug-likeness (QED) is 0.684. The van der Waals surface area contributed by atoms with Gasteiger partial charge >= 0.3 is 6.18 Å². The first-order valence-electron chi connectivity index (χ1n) is 11.6. The van der Waals surface area contributed by atoms with Crippen LogP contribution < -0.4 is 11.0 Å². The van der Waals surface area contributed by atoms with Gasteiger partial charge in [-0.2, -0.15) is 13.2 Å². The minimum atomic E-state index is -4.48. The number of nitrogens with one attached hydrogen (secondary N) is 2. The zero-order chi connectivity index (χ0) is 23.9. The number of carbonyl (C=O) groups excluding carboxylic acids is 1. The molecule has 0 aromatic carbocycles. The van der Waals surface area contributed by atoms with Gasteiger partial charge in [0.1, 0.15) is 5.69 Å². The minimum absolute atomic E-state index is 0.1000. The van der Waals surface area contributed by atoms with Gasteiger partial charge in [0.05, 0.1) is 11.3 Å². The van der Waals surface area contributed by atoms with Crippen molar-refractivity contribution in [1.29, 1.82) is 0 Å². The van der Waals surface area contributed by atoms with Crippen LogP contribution in [-0.2, 0) is 11.0 Å². The number of hydrazine groups is 2. The molecule has 2 N–H and O–H groups in total. The van der Waals surface area contributed by atoms with E-state index in [-0.39, 0.29) is 11.3 Å². The van der Waals surface area contributed by atoms with Crippen molar-refractivity contribution in [3.05, 3.63) is 59.1 Å². The van der Waals surface area contributed by atoms with Gasteiger partial charge in [-0.05, 0) is 49.6 Å². The molecule has 2 aliphatic heterocycles. The molecule has 10 heteroatoms. The minimum Gasteiger partial charge on any atom is -0.304 e. The molecule has 2 aliphatic carbocycles. The average Bonchev–Trinajstić information content (AvgIpc) is 3.60. The predicted molar refractivity (Wildman–Crippen MR) is 122 cm³/mol. The largest absolute Gasteiger partial charge is 0.433 e. The molecule has 34 heavy (non-hydrogen) atoms. The number of aromatic nitrogens is 1. The highest BCUT2D eigenvalue weighted by atomic mass is 19.4. The molecule has 3 fully saturated rings. The van der Waals surface area contributed by atoms with Crippen LogP contribution in [0.2, 0.25) is 0 Å². The predicted octanol–water partition coefficient (Wildman–Crippen LogP) is 2.58. The topological polar surface area (TPSA) is 63.7 Å². The Morgan fingerprint density at radius 1 is 1.09 bits per heavy atom. The van der Waals surface area contributed by atoms with Gasteiger partial charge < -0.3 is 15.2 Å². The molecular formula is C24H29F3N6O. The third-order valence-corrected chi connectivity index (χ3v) is 7.04. The molecule has 182 valence electrons. The van der Waals surface area contributed by atoms with Gasteiger partial charge in [-0.15, -0.1) is 5.53 Å². The van der Waals surface area contributed by atoms with Crippen molar-refractivity contribution in [1.82, 2.24) is 30.8 Å². The summed E-state index contributed by atoms with van der Waals surface area (Å²) in [5.41, 5.74) is 7.75. The number of hydrogen-bond acceptors (Lipinski definition) is 6. The van der Waals surface area contributed by atoms with E-state index in [1.807, 2.05) is 12.2 Å². The van der Waals surface area contributed by atoms with Crippen LogP contribution in [0.1, 0.15) is 30.5 Å². The maximum Gasteiger partial charge on any atom is 0.433 e. The normalized spacial score (nSPS) is 23.4. The standard InChI is InChI=1S/C24H29F3N6O/c1-31-9-11-32(12-10-31)15-23(7-8-23)16-33-22(34)19-13-17(3-2-4-20(19)29-30-33)18-5-6-21(28-14-18)24(25,26)27/h3-6,13-14,29-30H,2,7-12,15-16H2,1H3. The second kappa shape index (κ2) is 8.83. The van der Waals surface area contributed by atoms with Gasteiger partial charge in [0.2, 0.25) is 0 Å². The van der Waals surface area contributed by atoms with Crippen molar-refractivity contribution in [2.24, 2.45) is 5.41 Å². The highest BCUT2D eigenvalue weighted by molar-refractivity contribution is 6.01. The Hall–Kier alpha value is -2.69. The van der Waals surface area contributed by atoms with Crippen molar-refractivity contribution < 1.29 is 18.0 Å². The summed E-state index contributed by atoms with van der Waals surface area (Å²) in [5, 5.41) is 1.64. The molecule has 1 saturated carbocycles. The summed E-state index contributed by atoms with van der Waals surface area (Å²) in [6.07, 6.45) is 4.98. The first kappa shape index (κ1) is 23.1. The number of carbonyl (C=O) groups is 1. The summed E-state index contributed by atoms with van der Waals surface area (Å²) < 4.78 is 38.6. The van der Waals surface area contributed by atoms with Crippen LogP contribution in [-0.4, -0.2) is 72.0 Å².